The van der Waals surface area contributed by atoms with E-state index in [1.807, 2.05) is 49.4 Å². The van der Waals surface area contributed by atoms with Gasteiger partial charge in [0.2, 0.25) is 5.91 Å². The van der Waals surface area contributed by atoms with Crippen molar-refractivity contribution in [2.24, 2.45) is 5.10 Å². The second kappa shape index (κ2) is 8.95. The molecule has 0 radical (unpaired) electrons. The first-order chi connectivity index (χ1) is 13.1. The third kappa shape index (κ3) is 5.65. The van der Waals surface area contributed by atoms with Crippen LogP contribution in [-0.2, 0) is 17.8 Å². The number of nitrogen functional groups attached to an aromatic ring is 1. The van der Waals surface area contributed by atoms with E-state index in [1.54, 1.807) is 11.6 Å². The van der Waals surface area contributed by atoms with Crippen molar-refractivity contribution in [1.29, 1.82) is 0 Å². The van der Waals surface area contributed by atoms with Crippen LogP contribution in [0.25, 0.3) is 0 Å². The molecule has 3 N–H and O–H groups in total. The van der Waals surface area contributed by atoms with Crippen LogP contribution in [0.2, 0.25) is 0 Å². The first-order valence-electron chi connectivity index (χ1n) is 8.39. The molecule has 3 rings (SSSR count). The lowest BCUT2D eigenvalue weighted by atomic mass is 10.1. The maximum Gasteiger partial charge on any atom is 0.246 e. The van der Waals surface area contributed by atoms with Crippen molar-refractivity contribution in [1.82, 2.24) is 10.4 Å². The van der Waals surface area contributed by atoms with E-state index in [9.17, 15) is 4.79 Å². The minimum Gasteiger partial charge on any atom is -0.488 e. The molecule has 0 aliphatic rings. The van der Waals surface area contributed by atoms with Crippen molar-refractivity contribution in [2.75, 3.05) is 5.73 Å². The fraction of sp³-hybridized carbons (Fsp3) is 0.150. The summed E-state index contributed by atoms with van der Waals surface area (Å²) in [4.78, 5) is 16.0. The van der Waals surface area contributed by atoms with Crippen LogP contribution < -0.4 is 15.9 Å². The molecule has 27 heavy (non-hydrogen) atoms. The number of nitrogens with one attached hydrogen (secondary N) is 1. The fourth-order valence-electron chi connectivity index (χ4n) is 2.46. The molecule has 0 aliphatic heterocycles. The van der Waals surface area contributed by atoms with Crippen molar-refractivity contribution in [2.45, 2.75) is 20.0 Å². The van der Waals surface area contributed by atoms with Crippen molar-refractivity contribution in [3.8, 4) is 5.75 Å². The highest BCUT2D eigenvalue weighted by molar-refractivity contribution is 7.13. The Morgan fingerprint density at radius 1 is 1.30 bits per heavy atom. The number of hydrogen-bond donors (Lipinski definition) is 2. The van der Waals surface area contributed by atoms with Gasteiger partial charge in [-0.15, -0.1) is 11.3 Å². The Morgan fingerprint density at radius 3 is 2.93 bits per heavy atom. The van der Waals surface area contributed by atoms with Gasteiger partial charge in [0, 0.05) is 10.9 Å². The Morgan fingerprint density at radius 2 is 2.15 bits per heavy atom. The van der Waals surface area contributed by atoms with Gasteiger partial charge in [-0.05, 0) is 24.6 Å². The summed E-state index contributed by atoms with van der Waals surface area (Å²) in [6.45, 7) is 2.51. The van der Waals surface area contributed by atoms with E-state index in [-0.39, 0.29) is 12.3 Å². The van der Waals surface area contributed by atoms with Crippen molar-refractivity contribution < 1.29 is 9.53 Å². The number of ether oxygens (including phenoxy) is 1. The van der Waals surface area contributed by atoms with E-state index < -0.39 is 0 Å². The summed E-state index contributed by atoms with van der Waals surface area (Å²) in [7, 11) is 0. The molecule has 0 unspecified atom stereocenters. The van der Waals surface area contributed by atoms with Gasteiger partial charge in [0.15, 0.2) is 5.13 Å². The van der Waals surface area contributed by atoms with Crippen molar-refractivity contribution >= 4 is 28.6 Å². The summed E-state index contributed by atoms with van der Waals surface area (Å²) in [5, 5.41) is 6.22. The zero-order chi connectivity index (χ0) is 19.1. The maximum atomic E-state index is 11.9. The minimum absolute atomic E-state index is 0.135. The predicted molar refractivity (Wildman–Crippen MR) is 108 cm³/mol. The van der Waals surface area contributed by atoms with Gasteiger partial charge >= 0.3 is 0 Å². The molecule has 0 atom stereocenters. The second-order valence-corrected chi connectivity index (χ2v) is 6.85. The molecule has 7 heteroatoms. The number of hydrogen-bond acceptors (Lipinski definition) is 6. The molecule has 1 amide bonds. The molecule has 3 aromatic rings. The number of anilines is 1. The number of thiazole rings is 1. The summed E-state index contributed by atoms with van der Waals surface area (Å²) in [6, 6.07) is 15.7. The van der Waals surface area contributed by atoms with Crippen LogP contribution in [0, 0.1) is 6.92 Å². The van der Waals surface area contributed by atoms with Gasteiger partial charge in [0.25, 0.3) is 0 Å². The van der Waals surface area contributed by atoms with Gasteiger partial charge in [-0.3, -0.25) is 4.79 Å². The quantitative estimate of drug-likeness (QED) is 0.486. The van der Waals surface area contributed by atoms with Gasteiger partial charge in [-0.1, -0.05) is 42.0 Å². The minimum atomic E-state index is -0.255. The Balaban J connectivity index is 1.58. The number of para-hydroxylation sites is 1. The first-order valence-corrected chi connectivity index (χ1v) is 9.27. The zero-order valence-corrected chi connectivity index (χ0v) is 15.7. The normalized spacial score (nSPS) is 10.9. The summed E-state index contributed by atoms with van der Waals surface area (Å²) in [5.41, 5.74) is 11.8. The molecule has 0 fully saturated rings. The van der Waals surface area contributed by atoms with Gasteiger partial charge < -0.3 is 10.5 Å². The molecule has 0 aliphatic carbocycles. The number of carbonyl (C=O) groups excluding carboxylic acids is 1. The molecule has 0 bridgehead atoms. The second-order valence-electron chi connectivity index (χ2n) is 5.96. The smallest absolute Gasteiger partial charge is 0.246 e. The topological polar surface area (TPSA) is 89.6 Å². The summed E-state index contributed by atoms with van der Waals surface area (Å²) in [6.07, 6.45) is 1.70. The average Bonchev–Trinajstić information content (AvgIpc) is 3.05. The number of rotatable bonds is 7. The molecule has 2 aromatic carbocycles. The monoisotopic (exact) mass is 380 g/mol. The van der Waals surface area contributed by atoms with Crippen molar-refractivity contribution in [3.05, 3.63) is 76.3 Å². The Labute approximate surface area is 161 Å². The molecule has 0 spiro atoms. The number of hydrazone groups is 1. The highest BCUT2D eigenvalue weighted by Gasteiger charge is 2.06. The Hall–Kier alpha value is -3.19. The molecule has 138 valence electrons. The summed E-state index contributed by atoms with van der Waals surface area (Å²) >= 11 is 1.31. The van der Waals surface area contributed by atoms with Gasteiger partial charge in [-0.2, -0.15) is 5.10 Å². The van der Waals surface area contributed by atoms with Crippen LogP contribution in [0.5, 0.6) is 5.75 Å². The van der Waals surface area contributed by atoms with Crippen LogP contribution >= 0.6 is 11.3 Å². The number of nitrogens with two attached hydrogens (primary N) is 1. The number of amides is 1. The molecule has 6 nitrogen and oxygen atoms in total. The number of carbonyl (C=O) groups is 1. The molecule has 1 aromatic heterocycles. The van der Waals surface area contributed by atoms with Gasteiger partial charge in [0.05, 0.1) is 18.3 Å². The predicted octanol–water partition coefficient (Wildman–Crippen LogP) is 3.31. The van der Waals surface area contributed by atoms with Crippen LogP contribution in [0.4, 0.5) is 5.13 Å². The van der Waals surface area contributed by atoms with E-state index in [0.717, 1.165) is 11.1 Å². The van der Waals surface area contributed by atoms with E-state index >= 15 is 0 Å². The first kappa shape index (κ1) is 18.6. The third-order valence-corrected chi connectivity index (χ3v) is 4.42. The standard InChI is InChI=1S/C20H20N4O2S/c1-14-5-4-6-15(9-14)12-26-18-8-3-2-7-16(18)11-22-24-19(25)10-17-13-27-20(21)23-17/h2-9,11,13H,10,12H2,1H3,(H2,21,23)(H,24,25)/b22-11+. The highest BCUT2D eigenvalue weighted by Crippen LogP contribution is 2.18. The van der Waals surface area contributed by atoms with E-state index in [0.29, 0.717) is 23.2 Å². The molecule has 0 saturated carbocycles. The number of aromatic nitrogens is 1. The van der Waals surface area contributed by atoms with Crippen LogP contribution in [0.3, 0.4) is 0 Å². The van der Waals surface area contributed by atoms with E-state index in [4.69, 9.17) is 10.5 Å². The van der Waals surface area contributed by atoms with Crippen LogP contribution in [0.15, 0.2) is 59.0 Å². The van der Waals surface area contributed by atoms with Gasteiger partial charge in [0.1, 0.15) is 12.4 Å². The lowest BCUT2D eigenvalue weighted by Gasteiger charge is -2.09. The highest BCUT2D eigenvalue weighted by atomic mass is 32.1. The van der Waals surface area contributed by atoms with Crippen LogP contribution in [0.1, 0.15) is 22.4 Å². The zero-order valence-electron chi connectivity index (χ0n) is 14.9. The lowest BCUT2D eigenvalue weighted by Crippen LogP contribution is -2.20. The summed E-state index contributed by atoms with van der Waals surface area (Å²) < 4.78 is 5.91. The average molecular weight is 380 g/mol. The molecular formula is C20H20N4O2S. The lowest BCUT2D eigenvalue weighted by molar-refractivity contribution is -0.120. The van der Waals surface area contributed by atoms with Crippen LogP contribution in [-0.4, -0.2) is 17.1 Å². The molecular weight excluding hydrogens is 360 g/mol. The Kier molecular flexibility index (Phi) is 6.17. The Bertz CT molecular complexity index is 952. The van der Waals surface area contributed by atoms with E-state index in [1.165, 1.54) is 16.9 Å². The summed E-state index contributed by atoms with van der Waals surface area (Å²) in [5.74, 6) is 0.444. The third-order valence-electron chi connectivity index (χ3n) is 3.70. The number of benzene rings is 2. The molecule has 1 heterocycles. The fourth-order valence-corrected chi connectivity index (χ4v) is 3.03. The van der Waals surface area contributed by atoms with Gasteiger partial charge in [-0.25, -0.2) is 10.4 Å². The largest absolute Gasteiger partial charge is 0.488 e. The molecule has 0 saturated heterocycles. The SMILES string of the molecule is Cc1cccc(COc2ccccc2/C=N/NC(=O)Cc2csc(N)n2)c1. The van der Waals surface area contributed by atoms with Crippen molar-refractivity contribution in [3.63, 3.8) is 0 Å². The van der Waals surface area contributed by atoms with E-state index in [2.05, 4.69) is 21.6 Å². The maximum absolute atomic E-state index is 11.9. The number of nitrogens with zero attached hydrogens (tertiary/aromatic N) is 2. The number of aryl methyl sites for hydroxylation is 1.